The molecule has 2 heterocycles. The van der Waals surface area contributed by atoms with Gasteiger partial charge in [-0.2, -0.15) is 31.4 Å². The van der Waals surface area contributed by atoms with Crippen molar-refractivity contribution in [1.82, 2.24) is 14.8 Å². The summed E-state index contributed by atoms with van der Waals surface area (Å²) in [7, 11) is 1.04. The fourth-order valence-corrected chi connectivity index (χ4v) is 3.62. The Labute approximate surface area is 214 Å². The average molecular weight is 600 g/mol. The lowest BCUT2D eigenvalue weighted by Gasteiger charge is -2.31. The molecule has 206 valence electrons. The topological polar surface area (TPSA) is 66.2 Å². The number of carbonyl (C=O) groups is 1. The van der Waals surface area contributed by atoms with Gasteiger partial charge in [-0.25, -0.2) is 18.9 Å². The number of methoxy groups -OCH3 is 1. The largest absolute Gasteiger partial charge is 0.573 e. The molecule has 0 fully saturated rings. The van der Waals surface area contributed by atoms with Crippen LogP contribution in [0.15, 0.2) is 36.8 Å². The Morgan fingerprint density at radius 3 is 2.03 bits per heavy atom. The Kier molecular flexibility index (Phi) is 7.55. The summed E-state index contributed by atoms with van der Waals surface area (Å²) >= 11 is 11.6. The predicted molar refractivity (Wildman–Crippen MR) is 110 cm³/mol. The summed E-state index contributed by atoms with van der Waals surface area (Å²) in [6.07, 6.45) is -15.9. The third kappa shape index (κ3) is 5.45. The summed E-state index contributed by atoms with van der Waals surface area (Å²) in [5.74, 6) is -2.63. The number of pyridine rings is 1. The molecule has 38 heavy (non-hydrogen) atoms. The van der Waals surface area contributed by atoms with Crippen LogP contribution in [0, 0.1) is 0 Å². The number of benzene rings is 1. The van der Waals surface area contributed by atoms with E-state index in [9.17, 15) is 48.7 Å². The highest BCUT2D eigenvalue weighted by Gasteiger charge is 2.73. The van der Waals surface area contributed by atoms with Gasteiger partial charge in [0, 0.05) is 29.1 Å². The number of hydrogen-bond donors (Lipinski definition) is 0. The second-order valence-electron chi connectivity index (χ2n) is 7.23. The van der Waals surface area contributed by atoms with Crippen molar-refractivity contribution >= 4 is 29.2 Å². The highest BCUT2D eigenvalue weighted by molar-refractivity contribution is 6.33. The zero-order chi connectivity index (χ0) is 28.8. The molecule has 0 saturated carbocycles. The summed E-state index contributed by atoms with van der Waals surface area (Å²) in [4.78, 5) is 15.6. The summed E-state index contributed by atoms with van der Waals surface area (Å²) in [5.41, 5.74) is -9.52. The van der Waals surface area contributed by atoms with Gasteiger partial charge in [-0.05, 0) is 18.2 Å². The lowest BCUT2D eigenvalue weighted by molar-refractivity contribution is -0.348. The maximum atomic E-state index is 14.5. The molecular weight excluding hydrogens is 591 g/mol. The summed E-state index contributed by atoms with van der Waals surface area (Å²) in [6.45, 7) is 0. The molecule has 0 amide bonds. The van der Waals surface area contributed by atoms with Crippen LogP contribution >= 0.6 is 23.2 Å². The molecule has 3 rings (SSSR count). The number of carbonyl (C=O) groups excluding carboxylic acids is 1. The van der Waals surface area contributed by atoms with Gasteiger partial charge in [0.05, 0.1) is 23.9 Å². The van der Waals surface area contributed by atoms with Gasteiger partial charge < -0.3 is 9.47 Å². The van der Waals surface area contributed by atoms with Gasteiger partial charge in [-0.1, -0.05) is 23.2 Å². The van der Waals surface area contributed by atoms with Gasteiger partial charge in [-0.3, -0.25) is 0 Å². The Hall–Kier alpha value is -3.27. The van der Waals surface area contributed by atoms with Crippen molar-refractivity contribution in [3.8, 4) is 22.6 Å². The molecule has 0 spiro atoms. The van der Waals surface area contributed by atoms with Gasteiger partial charge in [0.1, 0.15) is 10.8 Å². The van der Waals surface area contributed by atoms with Gasteiger partial charge in [-0.15, -0.1) is 13.2 Å². The molecule has 0 N–H and O–H groups in total. The van der Waals surface area contributed by atoms with Gasteiger partial charge in [0.25, 0.3) is 0 Å². The molecule has 0 aliphatic heterocycles. The third-order valence-electron chi connectivity index (χ3n) is 4.82. The van der Waals surface area contributed by atoms with E-state index in [-0.39, 0.29) is 27.9 Å². The minimum absolute atomic E-state index is 0.0165. The second-order valence-corrected chi connectivity index (χ2v) is 8.00. The van der Waals surface area contributed by atoms with Crippen molar-refractivity contribution in [3.05, 3.63) is 58.1 Å². The van der Waals surface area contributed by atoms with E-state index in [2.05, 4.69) is 19.6 Å². The van der Waals surface area contributed by atoms with E-state index in [4.69, 9.17) is 23.2 Å². The summed E-state index contributed by atoms with van der Waals surface area (Å²) in [6, 6.07) is 0.572. The third-order valence-corrected chi connectivity index (χ3v) is 5.41. The van der Waals surface area contributed by atoms with E-state index >= 15 is 0 Å². The van der Waals surface area contributed by atoms with Crippen LogP contribution in [0.1, 0.15) is 15.9 Å². The highest BCUT2D eigenvalue weighted by atomic mass is 35.5. The van der Waals surface area contributed by atoms with Crippen molar-refractivity contribution in [3.63, 3.8) is 0 Å². The van der Waals surface area contributed by atoms with E-state index in [1.165, 1.54) is 0 Å². The smallest absolute Gasteiger partial charge is 0.465 e. The molecule has 0 saturated heterocycles. The van der Waals surface area contributed by atoms with Crippen LogP contribution in [-0.2, 0) is 10.4 Å². The normalized spacial score (nSPS) is 13.0. The molecule has 0 unspecified atom stereocenters. The Balaban J connectivity index is 2.22. The Morgan fingerprint density at radius 2 is 1.50 bits per heavy atom. The van der Waals surface area contributed by atoms with E-state index in [0.717, 1.165) is 31.8 Å². The molecular formula is C20H9Cl2F10N3O3. The number of esters is 1. The summed E-state index contributed by atoms with van der Waals surface area (Å²) < 4.78 is 141. The van der Waals surface area contributed by atoms with Gasteiger partial charge in [0.2, 0.25) is 0 Å². The van der Waals surface area contributed by atoms with Crippen LogP contribution in [0.4, 0.5) is 43.9 Å². The first kappa shape index (κ1) is 29.3. The Morgan fingerprint density at radius 1 is 0.895 bits per heavy atom. The minimum Gasteiger partial charge on any atom is -0.465 e. The van der Waals surface area contributed by atoms with Crippen molar-refractivity contribution in [2.45, 2.75) is 24.4 Å². The van der Waals surface area contributed by atoms with E-state index < -0.39 is 58.4 Å². The lowest BCUT2D eigenvalue weighted by Crippen LogP contribution is -2.50. The van der Waals surface area contributed by atoms with Crippen molar-refractivity contribution in [1.29, 1.82) is 0 Å². The zero-order valence-electron chi connectivity index (χ0n) is 18.1. The first-order valence-electron chi connectivity index (χ1n) is 9.51. The first-order chi connectivity index (χ1) is 17.3. The molecule has 6 nitrogen and oxygen atoms in total. The van der Waals surface area contributed by atoms with E-state index in [0.29, 0.717) is 4.68 Å². The van der Waals surface area contributed by atoms with E-state index in [1.807, 2.05) is 0 Å². The maximum absolute atomic E-state index is 14.5. The minimum atomic E-state index is -6.64. The molecule has 2 aromatic heterocycles. The summed E-state index contributed by atoms with van der Waals surface area (Å²) in [5, 5.41) is 2.21. The number of hydrogen-bond acceptors (Lipinski definition) is 5. The van der Waals surface area contributed by atoms with Crippen LogP contribution in [0.2, 0.25) is 10.2 Å². The quantitative estimate of drug-likeness (QED) is 0.176. The standard InChI is InChI=1S/C20H9Cl2F10N3O3/c1-37-16(36)11-2-8(5-33-15(11)22)9-6-34-35(7-9)14-12(21)3-10(4-13(14)38-20(30,31)32)17(23,18(24,25)26)19(27,28)29/h2-7H,1H3. The number of nitrogens with zero attached hydrogens (tertiary/aromatic N) is 3. The monoisotopic (exact) mass is 599 g/mol. The van der Waals surface area contributed by atoms with Crippen LogP contribution in [0.25, 0.3) is 16.8 Å². The lowest BCUT2D eigenvalue weighted by atomic mass is 9.93. The van der Waals surface area contributed by atoms with Gasteiger partial charge in [0.15, 0.2) is 5.75 Å². The molecule has 0 aliphatic carbocycles. The maximum Gasteiger partial charge on any atom is 0.573 e. The SMILES string of the molecule is COC(=O)c1cc(-c2cnn(-c3c(Cl)cc(C(F)(C(F)(F)F)C(F)(F)F)cc3OC(F)(F)F)c2)cnc1Cl. The molecule has 0 radical (unpaired) electrons. The van der Waals surface area contributed by atoms with Crippen molar-refractivity contribution in [2.24, 2.45) is 0 Å². The van der Waals surface area contributed by atoms with Crippen LogP contribution < -0.4 is 4.74 Å². The predicted octanol–water partition coefficient (Wildman–Crippen LogP) is 7.22. The number of ether oxygens (including phenoxy) is 2. The van der Waals surface area contributed by atoms with Gasteiger partial charge >= 0.3 is 30.4 Å². The Bertz CT molecular complexity index is 1360. The van der Waals surface area contributed by atoms with E-state index in [1.54, 1.807) is 0 Å². The fraction of sp³-hybridized carbons (Fsp3) is 0.250. The second kappa shape index (κ2) is 9.80. The average Bonchev–Trinajstić information content (AvgIpc) is 3.24. The highest BCUT2D eigenvalue weighted by Crippen LogP contribution is 2.55. The number of halogens is 12. The van der Waals surface area contributed by atoms with Crippen molar-refractivity contribution < 1.29 is 58.2 Å². The molecule has 18 heteroatoms. The van der Waals surface area contributed by atoms with Crippen molar-refractivity contribution in [2.75, 3.05) is 7.11 Å². The number of alkyl halides is 10. The molecule has 0 bridgehead atoms. The zero-order valence-corrected chi connectivity index (χ0v) is 19.6. The molecule has 1 aromatic carbocycles. The molecule has 0 atom stereocenters. The first-order valence-corrected chi connectivity index (χ1v) is 10.3. The number of aromatic nitrogens is 3. The molecule has 0 aliphatic rings. The van der Waals surface area contributed by atoms with Crippen LogP contribution in [0.5, 0.6) is 5.75 Å². The molecule has 3 aromatic rings. The fourth-order valence-electron chi connectivity index (χ4n) is 3.14. The van der Waals surface area contributed by atoms with Crippen LogP contribution in [-0.4, -0.2) is 46.6 Å². The number of rotatable bonds is 5. The van der Waals surface area contributed by atoms with Crippen LogP contribution in [0.3, 0.4) is 0 Å².